The summed E-state index contributed by atoms with van der Waals surface area (Å²) in [6, 6.07) is 7.94. The smallest absolute Gasteiger partial charge is 0.153 e. The molecule has 0 amide bonds. The predicted octanol–water partition coefficient (Wildman–Crippen LogP) is 3.73. The van der Waals surface area contributed by atoms with Gasteiger partial charge in [0, 0.05) is 17.8 Å². The molecule has 0 N–H and O–H groups in total. The third-order valence-electron chi connectivity index (χ3n) is 3.37. The molecule has 2 rings (SSSR count). The van der Waals surface area contributed by atoms with Crippen LogP contribution in [0, 0.1) is 0 Å². The fraction of sp³-hybridized carbons (Fsp3) is 0.375. The van der Waals surface area contributed by atoms with Crippen LogP contribution in [0.1, 0.15) is 43.6 Å². The van der Waals surface area contributed by atoms with Crippen LogP contribution in [-0.4, -0.2) is 22.7 Å². The molecule has 106 valence electrons. The van der Waals surface area contributed by atoms with E-state index >= 15 is 0 Å². The van der Waals surface area contributed by atoms with Crippen LogP contribution in [0.4, 0.5) is 0 Å². The molecule has 1 heterocycles. The lowest BCUT2D eigenvalue weighted by Gasteiger charge is -2.10. The zero-order valence-electron chi connectivity index (χ0n) is 12.2. The van der Waals surface area contributed by atoms with Crippen LogP contribution in [0.2, 0.25) is 0 Å². The first-order valence-electron chi connectivity index (χ1n) is 6.97. The zero-order valence-corrected chi connectivity index (χ0v) is 12.2. The number of para-hydroxylation sites is 1. The topological polar surface area (TPSA) is 44.1 Å². The molecule has 0 radical (unpaired) electrons. The van der Waals surface area contributed by atoms with Gasteiger partial charge in [0.1, 0.15) is 11.4 Å². The van der Waals surface area contributed by atoms with Crippen molar-refractivity contribution >= 4 is 6.29 Å². The maximum atomic E-state index is 11.3. The molecule has 4 nitrogen and oxygen atoms in total. The second-order valence-corrected chi connectivity index (χ2v) is 4.72. The highest BCUT2D eigenvalue weighted by atomic mass is 16.5. The van der Waals surface area contributed by atoms with Crippen molar-refractivity contribution in [1.82, 2.24) is 9.78 Å². The van der Waals surface area contributed by atoms with Crippen LogP contribution >= 0.6 is 0 Å². The Balaban J connectivity index is 2.51. The molecular formula is C16H20N2O2. The monoisotopic (exact) mass is 272 g/mol. The normalized spacial score (nSPS) is 12.2. The van der Waals surface area contributed by atoms with Crippen LogP contribution in [0.5, 0.6) is 5.75 Å². The van der Waals surface area contributed by atoms with Gasteiger partial charge in [-0.1, -0.05) is 19.1 Å². The minimum atomic E-state index is 0.265. The van der Waals surface area contributed by atoms with Gasteiger partial charge in [-0.05, 0) is 32.4 Å². The van der Waals surface area contributed by atoms with Crippen LogP contribution in [0.3, 0.4) is 0 Å². The molecule has 0 aliphatic rings. The van der Waals surface area contributed by atoms with E-state index in [1.165, 1.54) is 0 Å². The lowest BCUT2D eigenvalue weighted by Crippen LogP contribution is -2.04. The van der Waals surface area contributed by atoms with Gasteiger partial charge in [0.2, 0.25) is 0 Å². The van der Waals surface area contributed by atoms with Crippen molar-refractivity contribution < 1.29 is 9.53 Å². The van der Waals surface area contributed by atoms with Crippen molar-refractivity contribution in [1.29, 1.82) is 0 Å². The predicted molar refractivity (Wildman–Crippen MR) is 79.2 cm³/mol. The van der Waals surface area contributed by atoms with Crippen molar-refractivity contribution in [3.05, 3.63) is 36.0 Å². The Morgan fingerprint density at radius 1 is 1.35 bits per heavy atom. The minimum absolute atomic E-state index is 0.265. The molecular weight excluding hydrogens is 252 g/mol. The summed E-state index contributed by atoms with van der Waals surface area (Å²) < 4.78 is 7.47. The number of hydrogen-bond donors (Lipinski definition) is 0. The van der Waals surface area contributed by atoms with Crippen molar-refractivity contribution in [2.24, 2.45) is 0 Å². The Labute approximate surface area is 119 Å². The molecule has 0 spiro atoms. The highest BCUT2D eigenvalue weighted by Gasteiger charge is 2.16. The van der Waals surface area contributed by atoms with Crippen LogP contribution in [0.25, 0.3) is 11.3 Å². The SMILES string of the molecule is CCOc1ccccc1-c1nn(C(C)CC)cc1C=O. The molecule has 2 aromatic rings. The third kappa shape index (κ3) is 2.74. The number of rotatable bonds is 6. The van der Waals surface area contributed by atoms with E-state index < -0.39 is 0 Å². The number of aromatic nitrogens is 2. The molecule has 4 heteroatoms. The summed E-state index contributed by atoms with van der Waals surface area (Å²) in [5.41, 5.74) is 2.14. The highest BCUT2D eigenvalue weighted by molar-refractivity contribution is 5.87. The first-order chi connectivity index (χ1) is 9.71. The van der Waals surface area contributed by atoms with E-state index in [0.717, 1.165) is 24.0 Å². The van der Waals surface area contributed by atoms with Gasteiger partial charge in [0.15, 0.2) is 6.29 Å². The highest BCUT2D eigenvalue weighted by Crippen LogP contribution is 2.31. The zero-order chi connectivity index (χ0) is 14.5. The number of carbonyl (C=O) groups excluding carboxylic acids is 1. The maximum absolute atomic E-state index is 11.3. The molecule has 0 aliphatic carbocycles. The van der Waals surface area contributed by atoms with E-state index in [0.29, 0.717) is 17.9 Å². The molecule has 0 bridgehead atoms. The van der Waals surface area contributed by atoms with Gasteiger partial charge in [-0.3, -0.25) is 9.48 Å². The number of benzene rings is 1. The summed E-state index contributed by atoms with van der Waals surface area (Å²) >= 11 is 0. The van der Waals surface area contributed by atoms with Gasteiger partial charge in [0.05, 0.1) is 12.2 Å². The minimum Gasteiger partial charge on any atom is -0.493 e. The second-order valence-electron chi connectivity index (χ2n) is 4.72. The summed E-state index contributed by atoms with van der Waals surface area (Å²) in [4.78, 5) is 11.3. The number of hydrogen-bond acceptors (Lipinski definition) is 3. The molecule has 0 saturated carbocycles. The van der Waals surface area contributed by atoms with Gasteiger partial charge in [-0.25, -0.2) is 0 Å². The van der Waals surface area contributed by atoms with E-state index in [1.54, 1.807) is 6.20 Å². The van der Waals surface area contributed by atoms with E-state index in [9.17, 15) is 4.79 Å². The van der Waals surface area contributed by atoms with E-state index in [4.69, 9.17) is 4.74 Å². The van der Waals surface area contributed by atoms with Crippen LogP contribution in [-0.2, 0) is 0 Å². The van der Waals surface area contributed by atoms with Crippen molar-refractivity contribution in [2.75, 3.05) is 6.61 Å². The Morgan fingerprint density at radius 3 is 2.75 bits per heavy atom. The number of aldehydes is 1. The molecule has 0 saturated heterocycles. The molecule has 1 atom stereocenters. The first kappa shape index (κ1) is 14.3. The summed E-state index contributed by atoms with van der Waals surface area (Å²) in [5.74, 6) is 0.757. The Hall–Kier alpha value is -2.10. The van der Waals surface area contributed by atoms with Crippen LogP contribution < -0.4 is 4.74 Å². The molecule has 1 aromatic heterocycles. The second kappa shape index (κ2) is 6.37. The van der Waals surface area contributed by atoms with Crippen molar-refractivity contribution in [2.45, 2.75) is 33.2 Å². The first-order valence-corrected chi connectivity index (χ1v) is 6.97. The average Bonchev–Trinajstić information content (AvgIpc) is 2.91. The van der Waals surface area contributed by atoms with E-state index in [1.807, 2.05) is 35.9 Å². The molecule has 1 aromatic carbocycles. The fourth-order valence-electron chi connectivity index (χ4n) is 2.06. The number of ether oxygens (including phenoxy) is 1. The quantitative estimate of drug-likeness (QED) is 0.752. The van der Waals surface area contributed by atoms with E-state index in [-0.39, 0.29) is 6.04 Å². The van der Waals surface area contributed by atoms with Gasteiger partial charge in [-0.15, -0.1) is 0 Å². The van der Waals surface area contributed by atoms with Crippen LogP contribution in [0.15, 0.2) is 30.5 Å². The maximum Gasteiger partial charge on any atom is 0.153 e. The summed E-state index contributed by atoms with van der Waals surface area (Å²) in [7, 11) is 0. The largest absolute Gasteiger partial charge is 0.493 e. The van der Waals surface area contributed by atoms with Gasteiger partial charge in [-0.2, -0.15) is 5.10 Å². The van der Waals surface area contributed by atoms with Crippen molar-refractivity contribution in [3.8, 4) is 17.0 Å². The standard InChI is InChI=1S/C16H20N2O2/c1-4-12(3)18-10-13(11-19)16(17-18)14-8-6-7-9-15(14)20-5-2/h6-12H,4-5H2,1-3H3. The number of nitrogens with zero attached hydrogens (tertiary/aromatic N) is 2. The summed E-state index contributed by atoms with van der Waals surface area (Å²) in [6.07, 6.45) is 3.62. The fourth-order valence-corrected chi connectivity index (χ4v) is 2.06. The molecule has 0 aliphatic heterocycles. The Morgan fingerprint density at radius 2 is 2.10 bits per heavy atom. The summed E-state index contributed by atoms with van der Waals surface area (Å²) in [5, 5.41) is 4.57. The van der Waals surface area contributed by atoms with Gasteiger partial charge >= 0.3 is 0 Å². The molecule has 0 fully saturated rings. The van der Waals surface area contributed by atoms with Crippen molar-refractivity contribution in [3.63, 3.8) is 0 Å². The molecule has 1 unspecified atom stereocenters. The number of carbonyl (C=O) groups is 1. The lowest BCUT2D eigenvalue weighted by molar-refractivity contribution is 0.112. The Bertz CT molecular complexity index is 590. The van der Waals surface area contributed by atoms with Gasteiger partial charge < -0.3 is 4.74 Å². The Kier molecular flexibility index (Phi) is 4.56. The third-order valence-corrected chi connectivity index (χ3v) is 3.37. The van der Waals surface area contributed by atoms with Gasteiger partial charge in [0.25, 0.3) is 0 Å². The lowest BCUT2D eigenvalue weighted by atomic mass is 10.1. The summed E-state index contributed by atoms with van der Waals surface area (Å²) in [6.45, 7) is 6.70. The van der Waals surface area contributed by atoms with E-state index in [2.05, 4.69) is 18.9 Å². The molecule has 20 heavy (non-hydrogen) atoms. The average molecular weight is 272 g/mol.